The first-order valence-corrected chi connectivity index (χ1v) is 3.95. The highest BCUT2D eigenvalue weighted by Gasteiger charge is 2.30. The molecule has 5 heteroatoms. The highest BCUT2D eigenvalue weighted by Crippen LogP contribution is 2.16. The summed E-state index contributed by atoms with van der Waals surface area (Å²) in [6, 6.07) is 0.640. The number of alkyl halides is 1. The number of hydrogen-bond donors (Lipinski definition) is 1. The molecule has 2 aliphatic rings. The van der Waals surface area contributed by atoms with Crippen molar-refractivity contribution in [2.24, 2.45) is 0 Å². The standard InChI is InChI=1S/C7H13FN2.2ClH/c8-6-1-2-10(5-6)7-3-9-4-7;;/h6-7,9H,1-5H2;2*1H/t6-;;/m1../s1. The molecular formula is C7H15Cl2FN2. The van der Waals surface area contributed by atoms with Crippen LogP contribution in [-0.2, 0) is 0 Å². The summed E-state index contributed by atoms with van der Waals surface area (Å²) in [6.07, 6.45) is 0.192. The summed E-state index contributed by atoms with van der Waals surface area (Å²) in [4.78, 5) is 2.25. The lowest BCUT2D eigenvalue weighted by atomic mass is 10.1. The van der Waals surface area contributed by atoms with Crippen LogP contribution in [0.4, 0.5) is 4.39 Å². The molecule has 12 heavy (non-hydrogen) atoms. The second kappa shape index (κ2) is 5.22. The van der Waals surface area contributed by atoms with E-state index in [1.165, 1.54) is 0 Å². The second-order valence-electron chi connectivity index (χ2n) is 3.19. The highest BCUT2D eigenvalue weighted by molar-refractivity contribution is 5.85. The number of rotatable bonds is 1. The van der Waals surface area contributed by atoms with E-state index in [0.717, 1.165) is 26.1 Å². The van der Waals surface area contributed by atoms with Gasteiger partial charge in [-0.15, -0.1) is 24.8 Å². The van der Waals surface area contributed by atoms with Crippen LogP contribution in [0.25, 0.3) is 0 Å². The fraction of sp³-hybridized carbons (Fsp3) is 1.00. The Morgan fingerprint density at radius 3 is 2.25 bits per heavy atom. The van der Waals surface area contributed by atoms with E-state index < -0.39 is 6.17 Å². The van der Waals surface area contributed by atoms with Crippen molar-refractivity contribution in [2.75, 3.05) is 26.2 Å². The van der Waals surface area contributed by atoms with Gasteiger partial charge in [-0.3, -0.25) is 4.90 Å². The van der Waals surface area contributed by atoms with Gasteiger partial charge in [-0.1, -0.05) is 0 Å². The molecule has 1 N–H and O–H groups in total. The molecule has 2 heterocycles. The maximum Gasteiger partial charge on any atom is 0.114 e. The number of halogens is 3. The second-order valence-corrected chi connectivity index (χ2v) is 3.19. The fourth-order valence-electron chi connectivity index (χ4n) is 1.61. The van der Waals surface area contributed by atoms with Crippen LogP contribution in [-0.4, -0.2) is 43.3 Å². The zero-order valence-corrected chi connectivity index (χ0v) is 8.46. The molecule has 0 radical (unpaired) electrons. The summed E-state index contributed by atoms with van der Waals surface area (Å²) < 4.78 is 12.6. The Hall–Kier alpha value is 0.430. The molecule has 1 atom stereocenters. The lowest BCUT2D eigenvalue weighted by Crippen LogP contribution is -2.56. The quantitative estimate of drug-likeness (QED) is 0.700. The van der Waals surface area contributed by atoms with Crippen molar-refractivity contribution in [3.63, 3.8) is 0 Å². The van der Waals surface area contributed by atoms with Gasteiger partial charge >= 0.3 is 0 Å². The normalized spacial score (nSPS) is 30.2. The maximum absolute atomic E-state index is 12.6. The molecule has 0 bridgehead atoms. The van der Waals surface area contributed by atoms with Crippen LogP contribution in [0.2, 0.25) is 0 Å². The van der Waals surface area contributed by atoms with Crippen molar-refractivity contribution in [2.45, 2.75) is 18.6 Å². The summed E-state index contributed by atoms with van der Waals surface area (Å²) in [7, 11) is 0. The van der Waals surface area contributed by atoms with Crippen molar-refractivity contribution in [1.29, 1.82) is 0 Å². The van der Waals surface area contributed by atoms with Crippen LogP contribution >= 0.6 is 24.8 Å². The molecule has 0 spiro atoms. The van der Waals surface area contributed by atoms with Crippen molar-refractivity contribution in [3.8, 4) is 0 Å². The van der Waals surface area contributed by atoms with Gasteiger partial charge < -0.3 is 5.32 Å². The summed E-state index contributed by atoms with van der Waals surface area (Å²) in [5.74, 6) is 0. The van der Waals surface area contributed by atoms with E-state index in [1.807, 2.05) is 0 Å². The topological polar surface area (TPSA) is 15.3 Å². The largest absolute Gasteiger partial charge is 0.314 e. The average Bonchev–Trinajstić information content (AvgIpc) is 2.10. The Morgan fingerprint density at radius 1 is 1.25 bits per heavy atom. The summed E-state index contributed by atoms with van der Waals surface area (Å²) in [5, 5.41) is 3.19. The van der Waals surface area contributed by atoms with E-state index in [-0.39, 0.29) is 24.8 Å². The Balaban J connectivity index is 0.000000605. The zero-order chi connectivity index (χ0) is 6.97. The maximum atomic E-state index is 12.6. The van der Waals surface area contributed by atoms with E-state index in [4.69, 9.17) is 0 Å². The monoisotopic (exact) mass is 216 g/mol. The SMILES string of the molecule is Cl.Cl.F[C@@H]1CCN(C2CNC2)C1. The van der Waals surface area contributed by atoms with E-state index in [2.05, 4.69) is 10.2 Å². The van der Waals surface area contributed by atoms with Crippen LogP contribution in [0, 0.1) is 0 Å². The molecule has 0 aliphatic carbocycles. The molecule has 0 aromatic heterocycles. The molecule has 2 saturated heterocycles. The minimum Gasteiger partial charge on any atom is -0.314 e. The molecule has 2 rings (SSSR count). The van der Waals surface area contributed by atoms with Crippen molar-refractivity contribution in [1.82, 2.24) is 10.2 Å². The number of hydrogen-bond acceptors (Lipinski definition) is 2. The van der Waals surface area contributed by atoms with E-state index in [1.54, 1.807) is 0 Å². The third-order valence-corrected chi connectivity index (χ3v) is 2.44. The van der Waals surface area contributed by atoms with E-state index in [0.29, 0.717) is 12.6 Å². The van der Waals surface area contributed by atoms with Crippen molar-refractivity contribution < 1.29 is 4.39 Å². The number of nitrogens with one attached hydrogen (secondary N) is 1. The van der Waals surface area contributed by atoms with E-state index >= 15 is 0 Å². The van der Waals surface area contributed by atoms with Gasteiger partial charge in [0.15, 0.2) is 0 Å². The number of nitrogens with zero attached hydrogens (tertiary/aromatic N) is 1. The Labute approximate surface area is 84.7 Å². The molecule has 74 valence electrons. The van der Waals surface area contributed by atoms with Crippen LogP contribution in [0.5, 0.6) is 0 Å². The van der Waals surface area contributed by atoms with Gasteiger partial charge in [0, 0.05) is 32.2 Å². The average molecular weight is 217 g/mol. The minimum absolute atomic E-state index is 0. The highest BCUT2D eigenvalue weighted by atomic mass is 35.5. The molecule has 0 saturated carbocycles. The predicted molar refractivity (Wildman–Crippen MR) is 52.2 cm³/mol. The molecule has 2 nitrogen and oxygen atoms in total. The summed E-state index contributed by atoms with van der Waals surface area (Å²) in [6.45, 7) is 3.76. The van der Waals surface area contributed by atoms with Gasteiger partial charge in [0.1, 0.15) is 6.17 Å². The third kappa shape index (κ3) is 2.46. The fourth-order valence-corrected chi connectivity index (χ4v) is 1.61. The molecule has 2 aliphatic heterocycles. The van der Waals surface area contributed by atoms with Gasteiger partial charge in [-0.2, -0.15) is 0 Å². The zero-order valence-electron chi connectivity index (χ0n) is 6.83. The molecular weight excluding hydrogens is 202 g/mol. The van der Waals surface area contributed by atoms with Crippen molar-refractivity contribution in [3.05, 3.63) is 0 Å². The van der Waals surface area contributed by atoms with Gasteiger partial charge in [-0.05, 0) is 6.42 Å². The van der Waals surface area contributed by atoms with Crippen LogP contribution in [0.15, 0.2) is 0 Å². The van der Waals surface area contributed by atoms with Gasteiger partial charge in [0.05, 0.1) is 0 Å². The molecule has 2 fully saturated rings. The minimum atomic E-state index is -0.555. The van der Waals surface area contributed by atoms with Crippen LogP contribution in [0.3, 0.4) is 0 Å². The van der Waals surface area contributed by atoms with Gasteiger partial charge in [0.2, 0.25) is 0 Å². The Bertz CT molecular complexity index is 133. The van der Waals surface area contributed by atoms with Gasteiger partial charge in [0.25, 0.3) is 0 Å². The van der Waals surface area contributed by atoms with Gasteiger partial charge in [-0.25, -0.2) is 4.39 Å². The molecule has 0 aromatic carbocycles. The van der Waals surface area contributed by atoms with Crippen LogP contribution < -0.4 is 5.32 Å². The van der Waals surface area contributed by atoms with Crippen LogP contribution in [0.1, 0.15) is 6.42 Å². The third-order valence-electron chi connectivity index (χ3n) is 2.44. The molecule has 0 aromatic rings. The first-order chi connectivity index (χ1) is 4.86. The lowest BCUT2D eigenvalue weighted by molar-refractivity contribution is 0.167. The first-order valence-electron chi connectivity index (χ1n) is 3.95. The Kier molecular flexibility index (Phi) is 5.41. The Morgan fingerprint density at radius 2 is 1.92 bits per heavy atom. The first kappa shape index (κ1) is 12.4. The molecule has 0 amide bonds. The summed E-state index contributed by atoms with van der Waals surface area (Å²) >= 11 is 0. The lowest BCUT2D eigenvalue weighted by Gasteiger charge is -2.35. The van der Waals surface area contributed by atoms with Crippen molar-refractivity contribution >= 4 is 24.8 Å². The molecule has 0 unspecified atom stereocenters. The smallest absolute Gasteiger partial charge is 0.114 e. The predicted octanol–water partition coefficient (Wildman–Crippen LogP) is 0.846. The summed E-state index contributed by atoms with van der Waals surface area (Å²) in [5.41, 5.74) is 0. The number of likely N-dealkylation sites (tertiary alicyclic amines) is 1. The van der Waals surface area contributed by atoms with E-state index in [9.17, 15) is 4.39 Å².